The summed E-state index contributed by atoms with van der Waals surface area (Å²) in [6, 6.07) is 13.2. The summed E-state index contributed by atoms with van der Waals surface area (Å²) in [5.74, 6) is 1.03. The molecule has 0 fully saturated rings. The number of benzene rings is 1. The smallest absolute Gasteiger partial charge is 0.272 e. The van der Waals surface area contributed by atoms with Crippen molar-refractivity contribution in [2.75, 3.05) is 13.7 Å². The van der Waals surface area contributed by atoms with E-state index in [1.165, 1.54) is 0 Å². The Morgan fingerprint density at radius 2 is 1.93 bits per heavy atom. The third kappa shape index (κ3) is 5.97. The standard InChI is InChI=1S/C21H23N5O3/c1-29-18-8-3-2-6-15(18)14-19-24-21(28)17(25-26-19)9-10-20(27)23-13-11-16-7-4-5-12-22-16/h2-8,12H,9-11,13-14H2,1H3,(H,23,27)(H,24,26,28). The second kappa shape index (κ2) is 10.1. The molecule has 8 nitrogen and oxygen atoms in total. The van der Waals surface area contributed by atoms with Gasteiger partial charge in [-0.1, -0.05) is 24.3 Å². The van der Waals surface area contributed by atoms with Gasteiger partial charge >= 0.3 is 0 Å². The van der Waals surface area contributed by atoms with Gasteiger partial charge in [0, 0.05) is 49.7 Å². The Hall–Kier alpha value is -3.55. The number of ether oxygens (including phenoxy) is 1. The molecule has 0 radical (unpaired) electrons. The van der Waals surface area contributed by atoms with Crippen molar-refractivity contribution in [2.24, 2.45) is 0 Å². The van der Waals surface area contributed by atoms with Crippen molar-refractivity contribution in [3.8, 4) is 5.75 Å². The Kier molecular flexibility index (Phi) is 7.05. The number of rotatable bonds is 9. The summed E-state index contributed by atoms with van der Waals surface area (Å²) < 4.78 is 5.31. The Morgan fingerprint density at radius 3 is 2.69 bits per heavy atom. The monoisotopic (exact) mass is 393 g/mol. The first-order valence-electron chi connectivity index (χ1n) is 9.39. The maximum atomic E-state index is 12.3. The van der Waals surface area contributed by atoms with Crippen LogP contribution in [0.4, 0.5) is 0 Å². The summed E-state index contributed by atoms with van der Waals surface area (Å²) in [7, 11) is 1.60. The van der Waals surface area contributed by atoms with Crippen LogP contribution in [0.1, 0.15) is 29.2 Å². The largest absolute Gasteiger partial charge is 0.496 e. The van der Waals surface area contributed by atoms with Crippen LogP contribution in [0, 0.1) is 0 Å². The third-order valence-corrected chi connectivity index (χ3v) is 4.38. The lowest BCUT2D eigenvalue weighted by atomic mass is 10.1. The molecule has 0 aliphatic carbocycles. The minimum Gasteiger partial charge on any atom is -0.496 e. The highest BCUT2D eigenvalue weighted by atomic mass is 16.5. The van der Waals surface area contributed by atoms with Crippen LogP contribution in [0.2, 0.25) is 0 Å². The number of carbonyl (C=O) groups is 1. The van der Waals surface area contributed by atoms with E-state index in [0.29, 0.717) is 25.2 Å². The second-order valence-electron chi connectivity index (χ2n) is 6.46. The van der Waals surface area contributed by atoms with Gasteiger partial charge in [0.05, 0.1) is 7.11 Å². The number of hydrogen-bond acceptors (Lipinski definition) is 6. The van der Waals surface area contributed by atoms with Crippen LogP contribution in [-0.4, -0.2) is 39.7 Å². The number of methoxy groups -OCH3 is 1. The lowest BCUT2D eigenvalue weighted by molar-refractivity contribution is -0.121. The zero-order valence-electron chi connectivity index (χ0n) is 16.2. The number of carbonyl (C=O) groups excluding carboxylic acids is 1. The molecule has 0 spiro atoms. The molecule has 0 bridgehead atoms. The van der Waals surface area contributed by atoms with E-state index in [2.05, 4.69) is 25.5 Å². The molecule has 150 valence electrons. The predicted molar refractivity (Wildman–Crippen MR) is 108 cm³/mol. The summed E-state index contributed by atoms with van der Waals surface area (Å²) in [5, 5.41) is 10.9. The number of aromatic nitrogens is 4. The molecule has 0 aliphatic rings. The molecule has 0 unspecified atom stereocenters. The van der Waals surface area contributed by atoms with Crippen molar-refractivity contribution in [1.82, 2.24) is 25.5 Å². The lowest BCUT2D eigenvalue weighted by Crippen LogP contribution is -2.27. The molecule has 2 aromatic heterocycles. The van der Waals surface area contributed by atoms with Crippen LogP contribution in [0.15, 0.2) is 53.5 Å². The van der Waals surface area contributed by atoms with Crippen molar-refractivity contribution in [3.63, 3.8) is 0 Å². The van der Waals surface area contributed by atoms with Crippen LogP contribution >= 0.6 is 0 Å². The average molecular weight is 393 g/mol. The summed E-state index contributed by atoms with van der Waals surface area (Å²) >= 11 is 0. The molecule has 3 aromatic rings. The van der Waals surface area contributed by atoms with Crippen molar-refractivity contribution < 1.29 is 9.53 Å². The van der Waals surface area contributed by atoms with E-state index in [-0.39, 0.29) is 30.0 Å². The fourth-order valence-corrected chi connectivity index (χ4v) is 2.86. The zero-order chi connectivity index (χ0) is 20.5. The molecule has 29 heavy (non-hydrogen) atoms. The van der Waals surface area contributed by atoms with Crippen LogP contribution in [0.3, 0.4) is 0 Å². The molecule has 0 aliphatic heterocycles. The fraction of sp³-hybridized carbons (Fsp3) is 0.286. The number of nitrogens with one attached hydrogen (secondary N) is 2. The fourth-order valence-electron chi connectivity index (χ4n) is 2.86. The number of nitrogens with zero attached hydrogens (tertiary/aromatic N) is 3. The minimum atomic E-state index is -0.328. The topological polar surface area (TPSA) is 110 Å². The number of aromatic amines is 1. The Bertz CT molecular complexity index is 1000. The maximum Gasteiger partial charge on any atom is 0.272 e. The van der Waals surface area contributed by atoms with Crippen molar-refractivity contribution in [3.05, 3.63) is 81.8 Å². The second-order valence-corrected chi connectivity index (χ2v) is 6.46. The summed E-state index contributed by atoms with van der Waals surface area (Å²) in [5.41, 5.74) is 1.74. The molecule has 2 heterocycles. The first-order chi connectivity index (χ1) is 14.2. The minimum absolute atomic E-state index is 0.139. The first-order valence-corrected chi connectivity index (χ1v) is 9.39. The summed E-state index contributed by atoms with van der Waals surface area (Å²) in [6.07, 6.45) is 3.18. The number of pyridine rings is 1. The molecule has 8 heteroatoms. The number of H-pyrrole nitrogens is 1. The van der Waals surface area contributed by atoms with Crippen LogP contribution < -0.4 is 15.6 Å². The van der Waals surface area contributed by atoms with E-state index in [9.17, 15) is 9.59 Å². The van der Waals surface area contributed by atoms with Crippen LogP contribution in [0.25, 0.3) is 0 Å². The Morgan fingerprint density at radius 1 is 1.10 bits per heavy atom. The zero-order valence-corrected chi connectivity index (χ0v) is 16.2. The Labute approximate surface area is 168 Å². The highest BCUT2D eigenvalue weighted by molar-refractivity contribution is 5.76. The van der Waals surface area contributed by atoms with Gasteiger partial charge < -0.3 is 15.0 Å². The highest BCUT2D eigenvalue weighted by Crippen LogP contribution is 2.19. The normalized spacial score (nSPS) is 10.5. The van der Waals surface area contributed by atoms with Gasteiger partial charge in [0.2, 0.25) is 5.91 Å². The van der Waals surface area contributed by atoms with Crippen molar-refractivity contribution in [2.45, 2.75) is 25.7 Å². The highest BCUT2D eigenvalue weighted by Gasteiger charge is 2.10. The number of hydrogen-bond donors (Lipinski definition) is 2. The van der Waals surface area contributed by atoms with Gasteiger partial charge in [-0.15, -0.1) is 10.2 Å². The summed E-state index contributed by atoms with van der Waals surface area (Å²) in [4.78, 5) is 31.2. The average Bonchev–Trinajstić information content (AvgIpc) is 2.74. The molecule has 3 rings (SSSR count). The van der Waals surface area contributed by atoms with Gasteiger partial charge in [-0.3, -0.25) is 14.6 Å². The van der Waals surface area contributed by atoms with E-state index in [0.717, 1.165) is 17.0 Å². The van der Waals surface area contributed by atoms with Gasteiger partial charge in [0.1, 0.15) is 17.3 Å². The van der Waals surface area contributed by atoms with Gasteiger partial charge in [0.25, 0.3) is 5.56 Å². The lowest BCUT2D eigenvalue weighted by Gasteiger charge is -2.07. The number of aryl methyl sites for hydroxylation is 1. The van der Waals surface area contributed by atoms with Gasteiger partial charge in [0.15, 0.2) is 0 Å². The van der Waals surface area contributed by atoms with E-state index in [1.54, 1.807) is 13.3 Å². The maximum absolute atomic E-state index is 12.3. The molecule has 0 atom stereocenters. The number of para-hydroxylation sites is 1. The van der Waals surface area contributed by atoms with Gasteiger partial charge in [-0.2, -0.15) is 0 Å². The van der Waals surface area contributed by atoms with E-state index >= 15 is 0 Å². The van der Waals surface area contributed by atoms with Gasteiger partial charge in [-0.05, 0) is 18.2 Å². The predicted octanol–water partition coefficient (Wildman–Crippen LogP) is 1.45. The van der Waals surface area contributed by atoms with Crippen molar-refractivity contribution in [1.29, 1.82) is 0 Å². The van der Waals surface area contributed by atoms with Crippen LogP contribution in [0.5, 0.6) is 5.75 Å². The van der Waals surface area contributed by atoms with E-state index in [4.69, 9.17) is 4.74 Å². The molecular weight excluding hydrogens is 370 g/mol. The van der Waals surface area contributed by atoms with E-state index in [1.807, 2.05) is 42.5 Å². The molecule has 2 N–H and O–H groups in total. The molecular formula is C21H23N5O3. The van der Waals surface area contributed by atoms with Crippen molar-refractivity contribution >= 4 is 5.91 Å². The molecule has 1 amide bonds. The number of amides is 1. The van der Waals surface area contributed by atoms with E-state index < -0.39 is 0 Å². The molecule has 0 saturated carbocycles. The molecule has 1 aromatic carbocycles. The summed E-state index contributed by atoms with van der Waals surface area (Å²) in [6.45, 7) is 0.496. The molecule has 0 saturated heterocycles. The third-order valence-electron chi connectivity index (χ3n) is 4.38. The van der Waals surface area contributed by atoms with Gasteiger partial charge in [-0.25, -0.2) is 0 Å². The SMILES string of the molecule is COc1ccccc1Cc1nnc(CCC(=O)NCCc2ccccn2)c(=O)[nH]1. The van der Waals surface area contributed by atoms with Crippen LogP contribution in [-0.2, 0) is 24.1 Å². The quantitative estimate of drug-likeness (QED) is 0.569. The first kappa shape index (κ1) is 20.2. The Balaban J connectivity index is 1.50.